The van der Waals surface area contributed by atoms with Crippen LogP contribution in [0.2, 0.25) is 0 Å². The molecule has 3 aromatic rings. The lowest BCUT2D eigenvalue weighted by atomic mass is 9.84. The molecule has 304 valence electrons. The average Bonchev–Trinajstić information content (AvgIpc) is 3.97. The Morgan fingerprint density at radius 3 is 2.16 bits per heavy atom. The molecule has 2 unspecified atom stereocenters. The molecule has 1 N–H and O–H groups in total. The summed E-state index contributed by atoms with van der Waals surface area (Å²) in [6, 6.07) is 20.6. The highest BCUT2D eigenvalue weighted by Gasteiger charge is 2.42. The van der Waals surface area contributed by atoms with Crippen molar-refractivity contribution < 1.29 is 33.4 Å². The lowest BCUT2D eigenvalue weighted by Gasteiger charge is -2.35. The van der Waals surface area contributed by atoms with Gasteiger partial charge in [-0.25, -0.2) is 14.5 Å². The van der Waals surface area contributed by atoms with Crippen LogP contribution in [0.3, 0.4) is 0 Å². The fraction of sp³-hybridized carbons (Fsp3) is 0.522. The molecule has 0 bridgehead atoms. The van der Waals surface area contributed by atoms with Gasteiger partial charge < -0.3 is 29.3 Å². The number of hydrogen-bond acceptors (Lipinski definition) is 8. The Kier molecular flexibility index (Phi) is 12.2. The normalized spacial score (nSPS) is 20.2. The molecule has 3 fully saturated rings. The Bertz CT molecular complexity index is 1900. The summed E-state index contributed by atoms with van der Waals surface area (Å²) in [7, 11) is 0. The molecule has 0 spiro atoms. The second-order valence-electron chi connectivity index (χ2n) is 17.3. The molecule has 11 nitrogen and oxygen atoms in total. The van der Waals surface area contributed by atoms with Gasteiger partial charge in [0.25, 0.3) is 5.91 Å². The maximum Gasteiger partial charge on any atom is 0.417 e. The highest BCUT2D eigenvalue weighted by molar-refractivity contribution is 6.04. The van der Waals surface area contributed by atoms with Gasteiger partial charge in [0, 0.05) is 44.2 Å². The number of rotatable bonds is 10. The summed E-state index contributed by atoms with van der Waals surface area (Å²) in [6.07, 6.45) is 4.06. The van der Waals surface area contributed by atoms with Gasteiger partial charge in [-0.1, -0.05) is 55.5 Å². The Morgan fingerprint density at radius 1 is 0.877 bits per heavy atom. The molecular weight excluding hydrogens is 721 g/mol. The van der Waals surface area contributed by atoms with Gasteiger partial charge >= 0.3 is 12.2 Å². The first-order valence-corrected chi connectivity index (χ1v) is 20.8. The molecule has 57 heavy (non-hydrogen) atoms. The zero-order valence-electron chi connectivity index (χ0n) is 34.1. The van der Waals surface area contributed by atoms with E-state index in [1.165, 1.54) is 4.90 Å². The number of hydrogen-bond donors (Lipinski definition) is 1. The van der Waals surface area contributed by atoms with Crippen LogP contribution >= 0.6 is 0 Å². The fourth-order valence-electron chi connectivity index (χ4n) is 8.99. The number of nitrogens with zero attached hydrogens (tertiary/aromatic N) is 3. The van der Waals surface area contributed by atoms with Gasteiger partial charge in [-0.05, 0) is 124 Å². The summed E-state index contributed by atoms with van der Waals surface area (Å²) >= 11 is 0. The van der Waals surface area contributed by atoms with Crippen molar-refractivity contribution in [1.82, 2.24) is 20.0 Å². The topological polar surface area (TPSA) is 118 Å². The van der Waals surface area contributed by atoms with E-state index in [4.69, 9.17) is 14.2 Å². The van der Waals surface area contributed by atoms with Crippen LogP contribution < -0.4 is 10.1 Å². The van der Waals surface area contributed by atoms with Crippen LogP contribution in [-0.2, 0) is 14.3 Å². The summed E-state index contributed by atoms with van der Waals surface area (Å²) < 4.78 is 17.8. The minimum atomic E-state index is -0.714. The van der Waals surface area contributed by atoms with Crippen LogP contribution in [0.1, 0.15) is 99.2 Å². The van der Waals surface area contributed by atoms with E-state index in [0.717, 1.165) is 67.4 Å². The van der Waals surface area contributed by atoms with E-state index < -0.39 is 29.7 Å². The summed E-state index contributed by atoms with van der Waals surface area (Å²) in [5, 5.41) is 3.31. The zero-order valence-corrected chi connectivity index (χ0v) is 34.1. The number of piperidine rings is 1. The number of amides is 4. The number of carbonyl (C=O) groups is 4. The molecule has 4 aliphatic rings. The quantitative estimate of drug-likeness (QED) is 0.222. The molecule has 3 aliphatic heterocycles. The first kappa shape index (κ1) is 40.3. The largest absolute Gasteiger partial charge is 0.494 e. The third-order valence-electron chi connectivity index (χ3n) is 12.2. The zero-order chi connectivity index (χ0) is 40.3. The van der Waals surface area contributed by atoms with Gasteiger partial charge in [-0.2, -0.15) is 0 Å². The van der Waals surface area contributed by atoms with E-state index in [2.05, 4.69) is 36.5 Å². The van der Waals surface area contributed by atoms with E-state index in [1.807, 2.05) is 62.9 Å². The molecule has 11 heteroatoms. The van der Waals surface area contributed by atoms with Crippen LogP contribution in [0.4, 0.5) is 9.59 Å². The Balaban J connectivity index is 0.998. The van der Waals surface area contributed by atoms with Crippen LogP contribution in [0.5, 0.6) is 5.75 Å². The number of benzene rings is 3. The smallest absolute Gasteiger partial charge is 0.417 e. The Labute approximate surface area is 337 Å². The first-order valence-electron chi connectivity index (χ1n) is 20.8. The van der Waals surface area contributed by atoms with Crippen molar-refractivity contribution in [2.45, 2.75) is 96.7 Å². The monoisotopic (exact) mass is 778 g/mol. The van der Waals surface area contributed by atoms with Crippen LogP contribution in [-0.4, -0.2) is 102 Å². The van der Waals surface area contributed by atoms with E-state index in [0.29, 0.717) is 61.4 Å². The molecule has 1 aliphatic carbocycles. The van der Waals surface area contributed by atoms with E-state index in [9.17, 15) is 19.2 Å². The first-order chi connectivity index (χ1) is 27.4. The lowest BCUT2D eigenvalue weighted by Crippen LogP contribution is -2.46. The number of ether oxygens (including phenoxy) is 3. The van der Waals surface area contributed by atoms with Crippen molar-refractivity contribution in [3.63, 3.8) is 0 Å². The summed E-state index contributed by atoms with van der Waals surface area (Å²) in [6.45, 7) is 13.5. The van der Waals surface area contributed by atoms with Gasteiger partial charge in [-0.15, -0.1) is 0 Å². The number of fused-ring (bicyclic) bond motifs is 3. The third kappa shape index (κ3) is 9.14. The molecule has 3 heterocycles. The molecule has 0 saturated carbocycles. The second kappa shape index (κ2) is 17.3. The van der Waals surface area contributed by atoms with E-state index in [1.54, 1.807) is 17.0 Å². The molecule has 7 rings (SSSR count). The van der Waals surface area contributed by atoms with Crippen LogP contribution in [0.25, 0.3) is 11.1 Å². The molecule has 4 amide bonds. The minimum absolute atomic E-state index is 0.0215. The average molecular weight is 779 g/mol. The maximum atomic E-state index is 14.5. The van der Waals surface area contributed by atoms with Crippen molar-refractivity contribution in [2.24, 2.45) is 11.8 Å². The summed E-state index contributed by atoms with van der Waals surface area (Å²) in [5.41, 5.74) is 5.00. The number of carbonyl (C=O) groups excluding carboxylic acids is 4. The van der Waals surface area contributed by atoms with Crippen molar-refractivity contribution in [3.8, 4) is 16.9 Å². The molecule has 3 aromatic carbocycles. The summed E-state index contributed by atoms with van der Waals surface area (Å²) in [5.74, 6) is 0.975. The number of aryl methyl sites for hydroxylation is 1. The van der Waals surface area contributed by atoms with Gasteiger partial charge in [0.1, 0.15) is 18.0 Å². The predicted molar refractivity (Wildman–Crippen MR) is 218 cm³/mol. The summed E-state index contributed by atoms with van der Waals surface area (Å²) in [4.78, 5) is 59.4. The van der Waals surface area contributed by atoms with Crippen LogP contribution in [0, 0.1) is 18.8 Å². The molecule has 3 saturated heterocycles. The highest BCUT2D eigenvalue weighted by atomic mass is 16.6. The van der Waals surface area contributed by atoms with Gasteiger partial charge in [0.15, 0.2) is 0 Å². The SMILES string of the molecule is Cc1cc(OCC[C@@H](C)C2CCN(C(=O)OC(C)(C)C)CC2)ccc1C(=O)N(C(=O)OCC1c2ccccc2-c2ccccc21)C1CNC(C(=O)N2CCCC2)C1. The minimum Gasteiger partial charge on any atom is -0.494 e. The van der Waals surface area contributed by atoms with Gasteiger partial charge in [0.05, 0.1) is 18.7 Å². The van der Waals surface area contributed by atoms with Gasteiger partial charge in [-0.3, -0.25) is 9.59 Å². The Morgan fingerprint density at radius 2 is 1.53 bits per heavy atom. The van der Waals surface area contributed by atoms with Crippen molar-refractivity contribution in [3.05, 3.63) is 89.0 Å². The van der Waals surface area contributed by atoms with Crippen molar-refractivity contribution in [2.75, 3.05) is 45.9 Å². The molecule has 0 aromatic heterocycles. The lowest BCUT2D eigenvalue weighted by molar-refractivity contribution is -0.132. The fourth-order valence-corrected chi connectivity index (χ4v) is 8.99. The van der Waals surface area contributed by atoms with Crippen molar-refractivity contribution >= 4 is 24.0 Å². The second-order valence-corrected chi connectivity index (χ2v) is 17.3. The molecule has 0 radical (unpaired) electrons. The van der Waals surface area contributed by atoms with Gasteiger partial charge in [0.2, 0.25) is 5.91 Å². The Hall–Kier alpha value is -4.90. The maximum absolute atomic E-state index is 14.5. The number of imide groups is 1. The van der Waals surface area contributed by atoms with Crippen molar-refractivity contribution in [1.29, 1.82) is 0 Å². The van der Waals surface area contributed by atoms with E-state index in [-0.39, 0.29) is 24.5 Å². The molecular formula is C46H58N4O7. The predicted octanol–water partition coefficient (Wildman–Crippen LogP) is 7.79. The number of nitrogens with one attached hydrogen (secondary N) is 1. The number of likely N-dealkylation sites (tertiary alicyclic amines) is 2. The third-order valence-corrected chi connectivity index (χ3v) is 12.2. The van der Waals surface area contributed by atoms with E-state index >= 15 is 0 Å². The molecule has 3 atom stereocenters. The standard InChI is InChI=1S/C46H58N4O7/c1-30(32-18-23-49(24-19-32)44(53)57-46(3,4)5)20-25-55-34-16-17-35(31(2)26-34)42(51)50(33-27-41(47-28-33)43(52)48-21-10-11-22-48)45(54)56-29-40-38-14-8-6-12-36(38)37-13-7-9-15-39(37)40/h6-9,12-17,26,30,32-33,40-41,47H,10-11,18-25,27-29H2,1-5H3/t30-,33?,41?/m1/s1. The van der Waals surface area contributed by atoms with Crippen LogP contribution in [0.15, 0.2) is 66.7 Å². The highest BCUT2D eigenvalue weighted by Crippen LogP contribution is 2.44.